The largest absolute Gasteiger partial charge is 0.345 e. The average Bonchev–Trinajstić information content (AvgIpc) is 2.14. The molecule has 0 bridgehead atoms. The van der Waals surface area contributed by atoms with Crippen LogP contribution in [0.15, 0.2) is 22.7 Å². The molecule has 0 fully saturated rings. The highest BCUT2D eigenvalue weighted by Gasteiger charge is 2.09. The van der Waals surface area contributed by atoms with Crippen molar-refractivity contribution in [2.45, 2.75) is 13.8 Å². The van der Waals surface area contributed by atoms with Gasteiger partial charge in [0.2, 0.25) is 0 Å². The van der Waals surface area contributed by atoms with Gasteiger partial charge in [0.1, 0.15) is 5.78 Å². The molecule has 1 rings (SSSR count). The number of carbonyl (C=O) groups is 2. The molecule has 0 aromatic heterocycles. The Morgan fingerprint density at radius 2 is 2.07 bits per heavy atom. The maximum atomic E-state index is 11.6. The molecule has 0 aliphatic rings. The quantitative estimate of drug-likeness (QED) is 0.914. The van der Waals surface area contributed by atoms with Gasteiger partial charge in [-0.2, -0.15) is 0 Å². The predicted molar refractivity (Wildman–Crippen MR) is 61.9 cm³/mol. The van der Waals surface area contributed by atoms with Gasteiger partial charge < -0.3 is 5.32 Å². The number of Topliss-reactive ketones (excluding diaryl/α,β-unsaturated/α-hetero) is 1. The van der Waals surface area contributed by atoms with E-state index in [1.54, 1.807) is 6.07 Å². The van der Waals surface area contributed by atoms with Gasteiger partial charge in [0, 0.05) is 4.47 Å². The van der Waals surface area contributed by atoms with E-state index >= 15 is 0 Å². The zero-order valence-electron chi connectivity index (χ0n) is 8.63. The molecule has 3 nitrogen and oxygen atoms in total. The first kappa shape index (κ1) is 11.9. The molecule has 0 unspecified atom stereocenters. The van der Waals surface area contributed by atoms with Gasteiger partial charge in [-0.25, -0.2) is 0 Å². The number of hydrogen-bond donors (Lipinski definition) is 1. The van der Waals surface area contributed by atoms with Crippen LogP contribution in [0.1, 0.15) is 22.8 Å². The zero-order chi connectivity index (χ0) is 11.4. The summed E-state index contributed by atoms with van der Waals surface area (Å²) in [7, 11) is 0. The van der Waals surface area contributed by atoms with E-state index in [1.165, 1.54) is 6.92 Å². The van der Waals surface area contributed by atoms with Crippen molar-refractivity contribution in [1.82, 2.24) is 5.32 Å². The van der Waals surface area contributed by atoms with Crippen molar-refractivity contribution in [3.8, 4) is 0 Å². The summed E-state index contributed by atoms with van der Waals surface area (Å²) in [4.78, 5) is 22.3. The summed E-state index contributed by atoms with van der Waals surface area (Å²) in [5.74, 6) is -0.302. The second kappa shape index (κ2) is 5.07. The highest BCUT2D eigenvalue weighted by atomic mass is 79.9. The number of rotatable bonds is 3. The predicted octanol–water partition coefficient (Wildman–Crippen LogP) is 2.08. The first-order valence-corrected chi connectivity index (χ1v) is 5.34. The fraction of sp³-hybridized carbons (Fsp3) is 0.273. The van der Waals surface area contributed by atoms with Crippen molar-refractivity contribution < 1.29 is 9.59 Å². The third kappa shape index (κ3) is 3.47. The lowest BCUT2D eigenvalue weighted by Gasteiger charge is -2.05. The van der Waals surface area contributed by atoms with Gasteiger partial charge in [-0.3, -0.25) is 9.59 Å². The van der Waals surface area contributed by atoms with Gasteiger partial charge in [-0.15, -0.1) is 0 Å². The third-order valence-electron chi connectivity index (χ3n) is 1.87. The Labute approximate surface area is 97.0 Å². The topological polar surface area (TPSA) is 46.2 Å². The molecule has 1 aromatic carbocycles. The minimum absolute atomic E-state index is 0.0633. The number of ketones is 1. The molecule has 0 aliphatic heterocycles. The van der Waals surface area contributed by atoms with Crippen LogP contribution < -0.4 is 5.32 Å². The molecule has 0 saturated heterocycles. The fourth-order valence-corrected chi connectivity index (χ4v) is 1.78. The summed E-state index contributed by atoms with van der Waals surface area (Å²) in [6, 6.07) is 5.45. The number of halogens is 1. The minimum atomic E-state index is -0.239. The lowest BCUT2D eigenvalue weighted by Crippen LogP contribution is -2.28. The smallest absolute Gasteiger partial charge is 0.252 e. The molecule has 0 radical (unpaired) electrons. The molecule has 15 heavy (non-hydrogen) atoms. The van der Waals surface area contributed by atoms with Crippen LogP contribution in [0, 0.1) is 6.92 Å². The molecule has 4 heteroatoms. The second-order valence-electron chi connectivity index (χ2n) is 3.37. The Morgan fingerprint density at radius 1 is 1.40 bits per heavy atom. The SMILES string of the molecule is CC(=O)CNC(=O)c1ccc(C)cc1Br. The molecular weight excluding hydrogens is 258 g/mol. The number of benzene rings is 1. The fourth-order valence-electron chi connectivity index (χ4n) is 1.10. The zero-order valence-corrected chi connectivity index (χ0v) is 10.2. The van der Waals surface area contributed by atoms with E-state index in [2.05, 4.69) is 21.2 Å². The minimum Gasteiger partial charge on any atom is -0.345 e. The van der Waals surface area contributed by atoms with Gasteiger partial charge in [0.15, 0.2) is 0 Å². The molecular formula is C11H12BrNO2. The van der Waals surface area contributed by atoms with Crippen LogP contribution in [0.5, 0.6) is 0 Å². The Kier molecular flexibility index (Phi) is 4.03. The maximum absolute atomic E-state index is 11.6. The van der Waals surface area contributed by atoms with Crippen LogP contribution in [0.3, 0.4) is 0 Å². The molecule has 0 atom stereocenters. The lowest BCUT2D eigenvalue weighted by molar-refractivity contribution is -0.116. The van der Waals surface area contributed by atoms with E-state index in [1.807, 2.05) is 19.1 Å². The van der Waals surface area contributed by atoms with Crippen molar-refractivity contribution in [1.29, 1.82) is 0 Å². The molecule has 0 aliphatic carbocycles. The van der Waals surface area contributed by atoms with Crippen molar-refractivity contribution in [3.05, 3.63) is 33.8 Å². The van der Waals surface area contributed by atoms with E-state index in [0.29, 0.717) is 5.56 Å². The van der Waals surface area contributed by atoms with Crippen LogP contribution in [0.2, 0.25) is 0 Å². The molecule has 1 amide bonds. The summed E-state index contributed by atoms with van der Waals surface area (Å²) in [6.07, 6.45) is 0. The number of aryl methyl sites for hydroxylation is 1. The third-order valence-corrected chi connectivity index (χ3v) is 2.52. The Hall–Kier alpha value is -1.16. The van der Waals surface area contributed by atoms with Crippen LogP contribution in [-0.2, 0) is 4.79 Å². The summed E-state index contributed by atoms with van der Waals surface area (Å²) < 4.78 is 0.739. The van der Waals surface area contributed by atoms with Crippen LogP contribution in [-0.4, -0.2) is 18.2 Å². The first-order chi connectivity index (χ1) is 7.00. The van der Waals surface area contributed by atoms with Crippen molar-refractivity contribution in [2.24, 2.45) is 0 Å². The Balaban J connectivity index is 2.78. The normalized spacial score (nSPS) is 9.80. The highest BCUT2D eigenvalue weighted by molar-refractivity contribution is 9.10. The van der Waals surface area contributed by atoms with E-state index in [0.717, 1.165) is 10.0 Å². The van der Waals surface area contributed by atoms with Crippen molar-refractivity contribution >= 4 is 27.6 Å². The van der Waals surface area contributed by atoms with Crippen molar-refractivity contribution in [2.75, 3.05) is 6.54 Å². The highest BCUT2D eigenvalue weighted by Crippen LogP contribution is 2.17. The van der Waals surface area contributed by atoms with Crippen LogP contribution in [0.4, 0.5) is 0 Å². The molecule has 80 valence electrons. The monoisotopic (exact) mass is 269 g/mol. The summed E-state index contributed by atoms with van der Waals surface area (Å²) in [5.41, 5.74) is 1.62. The number of amides is 1. The van der Waals surface area contributed by atoms with Crippen LogP contribution in [0.25, 0.3) is 0 Å². The molecule has 1 N–H and O–H groups in total. The second-order valence-corrected chi connectivity index (χ2v) is 4.22. The van der Waals surface area contributed by atoms with Gasteiger partial charge in [0.05, 0.1) is 12.1 Å². The van der Waals surface area contributed by atoms with E-state index in [4.69, 9.17) is 0 Å². The summed E-state index contributed by atoms with van der Waals surface area (Å²) in [6.45, 7) is 3.45. The lowest BCUT2D eigenvalue weighted by atomic mass is 10.1. The van der Waals surface area contributed by atoms with E-state index < -0.39 is 0 Å². The average molecular weight is 270 g/mol. The summed E-state index contributed by atoms with van der Waals surface area (Å²) >= 11 is 3.31. The van der Waals surface area contributed by atoms with E-state index in [9.17, 15) is 9.59 Å². The van der Waals surface area contributed by atoms with Crippen molar-refractivity contribution in [3.63, 3.8) is 0 Å². The van der Waals surface area contributed by atoms with E-state index in [-0.39, 0.29) is 18.2 Å². The van der Waals surface area contributed by atoms with Gasteiger partial charge in [0.25, 0.3) is 5.91 Å². The van der Waals surface area contributed by atoms with Gasteiger partial charge >= 0.3 is 0 Å². The van der Waals surface area contributed by atoms with Gasteiger partial charge in [-0.1, -0.05) is 6.07 Å². The number of hydrogen-bond acceptors (Lipinski definition) is 2. The van der Waals surface area contributed by atoms with Gasteiger partial charge in [-0.05, 0) is 47.5 Å². The molecule has 1 aromatic rings. The standard InChI is InChI=1S/C11H12BrNO2/c1-7-3-4-9(10(12)5-7)11(15)13-6-8(2)14/h3-5H,6H2,1-2H3,(H,13,15). The Morgan fingerprint density at radius 3 is 2.60 bits per heavy atom. The van der Waals surface area contributed by atoms with Crippen LogP contribution >= 0.6 is 15.9 Å². The number of carbonyl (C=O) groups excluding carboxylic acids is 2. The summed E-state index contributed by atoms with van der Waals surface area (Å²) in [5, 5.41) is 2.54. The molecule has 0 spiro atoms. The molecule has 0 heterocycles. The maximum Gasteiger partial charge on any atom is 0.252 e. The first-order valence-electron chi connectivity index (χ1n) is 4.54. The Bertz CT molecular complexity index is 402. The number of nitrogens with one attached hydrogen (secondary N) is 1. The molecule has 0 saturated carbocycles.